The lowest BCUT2D eigenvalue weighted by atomic mass is 10.1. The van der Waals surface area contributed by atoms with Gasteiger partial charge in [0.25, 0.3) is 11.8 Å². The zero-order valence-corrected chi connectivity index (χ0v) is 21.3. The van der Waals surface area contributed by atoms with Crippen molar-refractivity contribution in [3.8, 4) is 0 Å². The first-order valence-electron chi connectivity index (χ1n) is 11.5. The SMILES string of the molecule is CCCOC(=O)c1ccccc1N1C(=O)C(Nc2ccccc2C)=C(Sc2nc(C)cc(C)n2)C1=O. The normalized spacial score (nSPS) is 13.4. The standard InChI is InChI=1S/C27H26N4O4S/c1-5-14-35-26(34)19-11-7-9-13-21(19)31-24(32)22(30-20-12-8-6-10-16(20)2)23(25(31)33)36-27-28-17(3)15-18(4)29-27/h6-13,15,30H,5,14H2,1-4H3. The van der Waals surface area contributed by atoms with Crippen LogP contribution in [-0.4, -0.2) is 34.4 Å². The molecule has 184 valence electrons. The summed E-state index contributed by atoms with van der Waals surface area (Å²) in [6.07, 6.45) is 0.651. The monoisotopic (exact) mass is 502 g/mol. The first kappa shape index (κ1) is 25.1. The molecule has 4 rings (SSSR count). The summed E-state index contributed by atoms with van der Waals surface area (Å²) < 4.78 is 5.29. The van der Waals surface area contributed by atoms with Crippen LogP contribution in [0.3, 0.4) is 0 Å². The smallest absolute Gasteiger partial charge is 0.340 e. The van der Waals surface area contributed by atoms with E-state index in [0.29, 0.717) is 17.3 Å². The Bertz CT molecular complexity index is 1370. The third-order valence-electron chi connectivity index (χ3n) is 5.40. The van der Waals surface area contributed by atoms with Crippen LogP contribution in [0.25, 0.3) is 0 Å². The Labute approximate surface area is 213 Å². The number of anilines is 2. The molecule has 8 nitrogen and oxygen atoms in total. The molecule has 0 unspecified atom stereocenters. The lowest BCUT2D eigenvalue weighted by molar-refractivity contribution is -0.120. The molecule has 1 N–H and O–H groups in total. The summed E-state index contributed by atoms with van der Waals surface area (Å²) in [6.45, 7) is 7.70. The quantitative estimate of drug-likeness (QED) is 0.262. The van der Waals surface area contributed by atoms with Crippen molar-refractivity contribution in [1.82, 2.24) is 9.97 Å². The lowest BCUT2D eigenvalue weighted by Gasteiger charge is -2.18. The summed E-state index contributed by atoms with van der Waals surface area (Å²) in [4.78, 5) is 50.2. The Kier molecular flexibility index (Phi) is 7.49. The van der Waals surface area contributed by atoms with Crippen molar-refractivity contribution in [2.24, 2.45) is 0 Å². The maximum atomic E-state index is 13.7. The molecule has 0 spiro atoms. The fourth-order valence-corrected chi connectivity index (χ4v) is 4.71. The number of rotatable bonds is 8. The van der Waals surface area contributed by atoms with Crippen molar-refractivity contribution < 1.29 is 19.1 Å². The zero-order valence-electron chi connectivity index (χ0n) is 20.5. The first-order chi connectivity index (χ1) is 17.3. The maximum Gasteiger partial charge on any atom is 0.340 e. The number of nitrogens with zero attached hydrogens (tertiary/aromatic N) is 3. The van der Waals surface area contributed by atoms with Gasteiger partial charge in [-0.05, 0) is 68.8 Å². The van der Waals surface area contributed by atoms with E-state index in [0.717, 1.165) is 33.6 Å². The maximum absolute atomic E-state index is 13.7. The van der Waals surface area contributed by atoms with Gasteiger partial charge in [0.1, 0.15) is 10.6 Å². The zero-order chi connectivity index (χ0) is 25.8. The van der Waals surface area contributed by atoms with Gasteiger partial charge in [-0.2, -0.15) is 0 Å². The van der Waals surface area contributed by atoms with Crippen molar-refractivity contribution >= 4 is 40.9 Å². The molecule has 0 fully saturated rings. The highest BCUT2D eigenvalue weighted by Crippen LogP contribution is 2.38. The van der Waals surface area contributed by atoms with E-state index in [1.54, 1.807) is 24.3 Å². The molecule has 0 radical (unpaired) electrons. The van der Waals surface area contributed by atoms with Gasteiger partial charge in [-0.3, -0.25) is 9.59 Å². The molecule has 1 aromatic heterocycles. The summed E-state index contributed by atoms with van der Waals surface area (Å²) >= 11 is 1.02. The van der Waals surface area contributed by atoms with Crippen LogP contribution in [0, 0.1) is 20.8 Å². The molecule has 0 atom stereocenters. The summed E-state index contributed by atoms with van der Waals surface area (Å²) in [5.41, 5.74) is 3.48. The van der Waals surface area contributed by atoms with Crippen molar-refractivity contribution in [3.63, 3.8) is 0 Å². The number of aryl methyl sites for hydroxylation is 3. The van der Waals surface area contributed by atoms with Crippen LogP contribution in [0.1, 0.15) is 40.7 Å². The van der Waals surface area contributed by atoms with Crippen LogP contribution in [0.4, 0.5) is 11.4 Å². The van der Waals surface area contributed by atoms with Gasteiger partial charge < -0.3 is 10.1 Å². The van der Waals surface area contributed by atoms with Crippen molar-refractivity contribution in [1.29, 1.82) is 0 Å². The third-order valence-corrected chi connectivity index (χ3v) is 6.35. The molecule has 2 aromatic carbocycles. The molecule has 1 aliphatic heterocycles. The van der Waals surface area contributed by atoms with Gasteiger partial charge in [-0.25, -0.2) is 19.7 Å². The van der Waals surface area contributed by atoms with Crippen molar-refractivity contribution in [3.05, 3.63) is 87.7 Å². The minimum atomic E-state index is -0.597. The number of para-hydroxylation sites is 2. The molecular weight excluding hydrogens is 476 g/mol. The average Bonchev–Trinajstić information content (AvgIpc) is 3.07. The van der Waals surface area contributed by atoms with Crippen molar-refractivity contribution in [2.45, 2.75) is 39.3 Å². The highest BCUT2D eigenvalue weighted by Gasteiger charge is 2.42. The topological polar surface area (TPSA) is 101 Å². The number of carbonyl (C=O) groups is 3. The number of ether oxygens (including phenoxy) is 1. The Morgan fingerprint density at radius 1 is 0.972 bits per heavy atom. The number of hydrogen-bond donors (Lipinski definition) is 1. The van der Waals surface area contributed by atoms with Crippen LogP contribution in [0.5, 0.6) is 0 Å². The van der Waals surface area contributed by atoms with Crippen molar-refractivity contribution in [2.75, 3.05) is 16.8 Å². The average molecular weight is 503 g/mol. The summed E-state index contributed by atoms with van der Waals surface area (Å²) in [7, 11) is 0. The third kappa shape index (κ3) is 5.16. The molecule has 0 bridgehead atoms. The van der Waals surface area contributed by atoms with Crippen LogP contribution in [0.15, 0.2) is 70.4 Å². The van der Waals surface area contributed by atoms with E-state index in [1.165, 1.54) is 0 Å². The Balaban J connectivity index is 1.79. The lowest BCUT2D eigenvalue weighted by Crippen LogP contribution is -2.34. The second-order valence-electron chi connectivity index (χ2n) is 8.28. The van der Waals surface area contributed by atoms with Gasteiger partial charge in [-0.15, -0.1) is 0 Å². The van der Waals surface area contributed by atoms with Crippen LogP contribution in [0.2, 0.25) is 0 Å². The van der Waals surface area contributed by atoms with E-state index in [9.17, 15) is 14.4 Å². The molecule has 2 heterocycles. The predicted molar refractivity (Wildman–Crippen MR) is 139 cm³/mol. The molecule has 0 saturated carbocycles. The fraction of sp³-hybridized carbons (Fsp3) is 0.222. The molecule has 0 aliphatic carbocycles. The summed E-state index contributed by atoms with van der Waals surface area (Å²) in [5, 5.41) is 3.50. The van der Waals surface area contributed by atoms with Gasteiger partial charge in [0.15, 0.2) is 5.16 Å². The Hall–Kier alpha value is -3.98. The molecule has 1 aliphatic rings. The van der Waals surface area contributed by atoms with E-state index in [-0.39, 0.29) is 28.5 Å². The number of esters is 1. The second-order valence-corrected chi connectivity index (χ2v) is 9.26. The molecule has 9 heteroatoms. The van der Waals surface area contributed by atoms with Gasteiger partial charge in [0.05, 0.1) is 17.9 Å². The van der Waals surface area contributed by atoms with E-state index >= 15 is 0 Å². The van der Waals surface area contributed by atoms with Gasteiger partial charge in [0.2, 0.25) is 0 Å². The van der Waals surface area contributed by atoms with E-state index in [2.05, 4.69) is 15.3 Å². The van der Waals surface area contributed by atoms with Crippen LogP contribution < -0.4 is 10.2 Å². The molecule has 36 heavy (non-hydrogen) atoms. The van der Waals surface area contributed by atoms with Gasteiger partial charge >= 0.3 is 5.97 Å². The summed E-state index contributed by atoms with van der Waals surface area (Å²) in [6, 6.07) is 15.7. The minimum Gasteiger partial charge on any atom is -0.462 e. The molecular formula is C27H26N4O4S. The number of carbonyl (C=O) groups excluding carboxylic acids is 3. The van der Waals surface area contributed by atoms with Crippen LogP contribution >= 0.6 is 11.8 Å². The molecule has 2 amide bonds. The minimum absolute atomic E-state index is 0.0961. The van der Waals surface area contributed by atoms with Gasteiger partial charge in [-0.1, -0.05) is 37.3 Å². The number of nitrogens with one attached hydrogen (secondary N) is 1. The first-order valence-corrected chi connectivity index (χ1v) is 12.3. The van der Waals surface area contributed by atoms with Crippen LogP contribution in [-0.2, 0) is 14.3 Å². The predicted octanol–water partition coefficient (Wildman–Crippen LogP) is 4.96. The highest BCUT2D eigenvalue weighted by molar-refractivity contribution is 8.04. The number of aromatic nitrogens is 2. The number of amides is 2. The summed E-state index contributed by atoms with van der Waals surface area (Å²) in [5.74, 6) is -1.74. The number of hydrogen-bond acceptors (Lipinski definition) is 8. The van der Waals surface area contributed by atoms with E-state index in [4.69, 9.17) is 4.74 Å². The number of benzene rings is 2. The largest absolute Gasteiger partial charge is 0.462 e. The molecule has 0 saturated heterocycles. The van der Waals surface area contributed by atoms with E-state index in [1.807, 2.05) is 58.0 Å². The Morgan fingerprint density at radius 3 is 2.33 bits per heavy atom. The fourth-order valence-electron chi connectivity index (χ4n) is 3.73. The van der Waals surface area contributed by atoms with Gasteiger partial charge in [0, 0.05) is 17.1 Å². The molecule has 3 aromatic rings. The Morgan fingerprint density at radius 2 is 1.64 bits per heavy atom. The number of thioether (sulfide) groups is 1. The van der Waals surface area contributed by atoms with E-state index < -0.39 is 17.8 Å². The highest BCUT2D eigenvalue weighted by atomic mass is 32.2. The second kappa shape index (κ2) is 10.7. The number of imide groups is 1.